The second kappa shape index (κ2) is 52.0. The molecule has 0 aromatic heterocycles. The Balaban J connectivity index is 4.44. The molecule has 1 unspecified atom stereocenters. The first kappa shape index (κ1) is 60.3. The summed E-state index contributed by atoms with van der Waals surface area (Å²) in [4.78, 5) is 38.0. The molecular weight excluding hydrogens is 793 g/mol. The third kappa shape index (κ3) is 49.3. The standard InChI is InChI=1S/C58H96O6/c1-4-7-10-13-16-19-22-25-27-28-29-30-31-34-36-39-42-45-48-51-57(60)63-54-55(53-62-56(59)50-47-44-41-38-35-32-24-21-18-15-12-9-6-3)64-58(61)52-49-46-43-40-37-33-26-23-20-17-14-11-8-5-2/h7,9-10,12,15-16,18-19,21,24-25,27,32,35,38,41,55H,4-6,8,11,13-14,17,20,22-23,26,28-31,33-34,36-37,39-40,42-54H2,1-3H3/b10-7+,12-9+,18-15+,19-16+,24-21+,27-25+,35-32+,41-38+. The van der Waals surface area contributed by atoms with E-state index in [0.29, 0.717) is 19.3 Å². The van der Waals surface area contributed by atoms with Gasteiger partial charge in [-0.05, 0) is 64.2 Å². The van der Waals surface area contributed by atoms with Crippen LogP contribution in [-0.4, -0.2) is 37.2 Å². The molecule has 0 radical (unpaired) electrons. The van der Waals surface area contributed by atoms with Crippen molar-refractivity contribution in [2.45, 2.75) is 239 Å². The summed E-state index contributed by atoms with van der Waals surface area (Å²) in [5, 5.41) is 0. The van der Waals surface area contributed by atoms with E-state index in [1.807, 2.05) is 54.7 Å². The van der Waals surface area contributed by atoms with Gasteiger partial charge in [-0.15, -0.1) is 0 Å². The lowest BCUT2D eigenvalue weighted by atomic mass is 10.0. The highest BCUT2D eigenvalue weighted by Crippen LogP contribution is 2.15. The van der Waals surface area contributed by atoms with Crippen molar-refractivity contribution in [2.75, 3.05) is 13.2 Å². The molecule has 0 amide bonds. The van der Waals surface area contributed by atoms with Crippen molar-refractivity contribution < 1.29 is 28.6 Å². The van der Waals surface area contributed by atoms with Gasteiger partial charge in [0.1, 0.15) is 13.2 Å². The van der Waals surface area contributed by atoms with E-state index in [2.05, 4.69) is 63.3 Å². The number of carbonyl (C=O) groups is 3. The highest BCUT2D eigenvalue weighted by molar-refractivity contribution is 5.71. The van der Waals surface area contributed by atoms with Gasteiger partial charge in [0.15, 0.2) is 6.10 Å². The van der Waals surface area contributed by atoms with Gasteiger partial charge < -0.3 is 14.2 Å². The molecule has 0 spiro atoms. The monoisotopic (exact) mass is 889 g/mol. The Kier molecular flexibility index (Phi) is 49.0. The molecule has 0 rings (SSSR count). The van der Waals surface area contributed by atoms with Crippen molar-refractivity contribution in [1.29, 1.82) is 0 Å². The quantitative estimate of drug-likeness (QED) is 0.0199. The summed E-state index contributed by atoms with van der Waals surface area (Å²) in [6.45, 7) is 6.32. The molecule has 0 saturated carbocycles. The first-order valence-corrected chi connectivity index (χ1v) is 26.3. The molecule has 0 aliphatic carbocycles. The van der Waals surface area contributed by atoms with Gasteiger partial charge in [0.2, 0.25) is 0 Å². The zero-order valence-corrected chi connectivity index (χ0v) is 41.5. The van der Waals surface area contributed by atoms with Gasteiger partial charge in [-0.3, -0.25) is 14.4 Å². The molecular formula is C58H96O6. The van der Waals surface area contributed by atoms with Crippen molar-refractivity contribution in [2.24, 2.45) is 0 Å². The number of carbonyl (C=O) groups excluding carboxylic acids is 3. The van der Waals surface area contributed by atoms with Crippen LogP contribution in [-0.2, 0) is 28.6 Å². The average molecular weight is 889 g/mol. The molecule has 0 fully saturated rings. The Labute approximate surface area is 394 Å². The Morgan fingerprint density at radius 2 is 0.703 bits per heavy atom. The predicted molar refractivity (Wildman–Crippen MR) is 274 cm³/mol. The van der Waals surface area contributed by atoms with Gasteiger partial charge in [0, 0.05) is 19.3 Å². The molecule has 6 heteroatoms. The minimum Gasteiger partial charge on any atom is -0.462 e. The Morgan fingerprint density at radius 1 is 0.344 bits per heavy atom. The topological polar surface area (TPSA) is 78.9 Å². The summed E-state index contributed by atoms with van der Waals surface area (Å²) in [6, 6.07) is 0. The van der Waals surface area contributed by atoms with E-state index in [0.717, 1.165) is 70.6 Å². The van der Waals surface area contributed by atoms with E-state index in [1.165, 1.54) is 116 Å². The van der Waals surface area contributed by atoms with Gasteiger partial charge in [0.05, 0.1) is 0 Å². The Hall–Kier alpha value is -3.67. The first-order valence-electron chi connectivity index (χ1n) is 26.3. The molecule has 0 aliphatic rings. The van der Waals surface area contributed by atoms with Gasteiger partial charge in [-0.25, -0.2) is 0 Å². The molecule has 0 aliphatic heterocycles. The van der Waals surface area contributed by atoms with Crippen LogP contribution in [0.25, 0.3) is 0 Å². The maximum atomic E-state index is 12.8. The first-order chi connectivity index (χ1) is 31.5. The molecule has 0 saturated heterocycles. The number of rotatable bonds is 46. The van der Waals surface area contributed by atoms with Gasteiger partial charge >= 0.3 is 17.9 Å². The maximum absolute atomic E-state index is 12.8. The Bertz CT molecular complexity index is 1300. The van der Waals surface area contributed by atoms with Gasteiger partial charge in [-0.1, -0.05) is 246 Å². The number of hydrogen-bond donors (Lipinski definition) is 0. The molecule has 0 bridgehead atoms. The van der Waals surface area contributed by atoms with E-state index in [-0.39, 0.29) is 37.5 Å². The van der Waals surface area contributed by atoms with Crippen LogP contribution in [0.3, 0.4) is 0 Å². The third-order valence-corrected chi connectivity index (χ3v) is 11.0. The SMILES string of the molecule is CC/C=C/C=C/C=C/C=C/C=C/CCCC(=O)OCC(COC(=O)CCCCCCCCCCC/C=C/C/C=C/C/C=C/CC)OC(=O)CCCCCCCCCCCCCCCC. The lowest BCUT2D eigenvalue weighted by Crippen LogP contribution is -2.30. The minimum absolute atomic E-state index is 0.102. The molecule has 6 nitrogen and oxygen atoms in total. The zero-order chi connectivity index (χ0) is 46.5. The third-order valence-electron chi connectivity index (χ3n) is 11.0. The van der Waals surface area contributed by atoms with Crippen molar-refractivity contribution in [3.05, 3.63) is 97.2 Å². The summed E-state index contributed by atoms with van der Waals surface area (Å²) >= 11 is 0. The van der Waals surface area contributed by atoms with Crippen LogP contribution in [0.15, 0.2) is 97.2 Å². The van der Waals surface area contributed by atoms with Crippen LogP contribution < -0.4 is 0 Å². The number of allylic oxidation sites excluding steroid dienone is 16. The van der Waals surface area contributed by atoms with E-state index in [9.17, 15) is 14.4 Å². The molecule has 0 N–H and O–H groups in total. The van der Waals surface area contributed by atoms with Crippen LogP contribution >= 0.6 is 0 Å². The lowest BCUT2D eigenvalue weighted by Gasteiger charge is -2.18. The molecule has 0 aromatic rings. The Morgan fingerprint density at radius 3 is 1.19 bits per heavy atom. The van der Waals surface area contributed by atoms with Crippen LogP contribution in [0.2, 0.25) is 0 Å². The van der Waals surface area contributed by atoms with Crippen LogP contribution in [0, 0.1) is 0 Å². The highest BCUT2D eigenvalue weighted by Gasteiger charge is 2.19. The molecule has 0 heterocycles. The second-order valence-corrected chi connectivity index (χ2v) is 17.2. The summed E-state index contributed by atoms with van der Waals surface area (Å²) in [5.41, 5.74) is 0. The molecule has 64 heavy (non-hydrogen) atoms. The van der Waals surface area contributed by atoms with E-state index in [1.54, 1.807) is 0 Å². The summed E-state index contributed by atoms with van der Waals surface area (Å²) in [7, 11) is 0. The maximum Gasteiger partial charge on any atom is 0.306 e. The van der Waals surface area contributed by atoms with E-state index < -0.39 is 6.10 Å². The summed E-state index contributed by atoms with van der Waals surface area (Å²) in [5.74, 6) is -0.983. The fourth-order valence-electron chi connectivity index (χ4n) is 7.08. The summed E-state index contributed by atoms with van der Waals surface area (Å²) < 4.78 is 16.7. The fourth-order valence-corrected chi connectivity index (χ4v) is 7.08. The average Bonchev–Trinajstić information content (AvgIpc) is 3.29. The van der Waals surface area contributed by atoms with Crippen LogP contribution in [0.1, 0.15) is 233 Å². The smallest absolute Gasteiger partial charge is 0.306 e. The van der Waals surface area contributed by atoms with Crippen molar-refractivity contribution in [3.63, 3.8) is 0 Å². The largest absolute Gasteiger partial charge is 0.462 e. The van der Waals surface area contributed by atoms with E-state index >= 15 is 0 Å². The van der Waals surface area contributed by atoms with Gasteiger partial charge in [0.25, 0.3) is 0 Å². The van der Waals surface area contributed by atoms with Crippen molar-refractivity contribution in [1.82, 2.24) is 0 Å². The second-order valence-electron chi connectivity index (χ2n) is 17.2. The number of esters is 3. The molecule has 1 atom stereocenters. The van der Waals surface area contributed by atoms with Crippen LogP contribution in [0.4, 0.5) is 0 Å². The van der Waals surface area contributed by atoms with Crippen LogP contribution in [0.5, 0.6) is 0 Å². The van der Waals surface area contributed by atoms with Crippen molar-refractivity contribution in [3.8, 4) is 0 Å². The normalized spacial score (nSPS) is 12.9. The zero-order valence-electron chi connectivity index (χ0n) is 41.5. The van der Waals surface area contributed by atoms with Gasteiger partial charge in [-0.2, -0.15) is 0 Å². The van der Waals surface area contributed by atoms with E-state index in [4.69, 9.17) is 14.2 Å². The predicted octanol–water partition coefficient (Wildman–Crippen LogP) is 17.4. The summed E-state index contributed by atoms with van der Waals surface area (Å²) in [6.07, 6.45) is 68.3. The highest BCUT2D eigenvalue weighted by atomic mass is 16.6. The number of hydrogen-bond acceptors (Lipinski definition) is 6. The molecule has 0 aromatic carbocycles. The number of ether oxygens (including phenoxy) is 3. The van der Waals surface area contributed by atoms with Crippen molar-refractivity contribution >= 4 is 17.9 Å². The number of unbranched alkanes of at least 4 members (excludes halogenated alkanes) is 23. The molecule has 364 valence electrons. The lowest BCUT2D eigenvalue weighted by molar-refractivity contribution is -0.167. The minimum atomic E-state index is -0.807. The fraction of sp³-hybridized carbons (Fsp3) is 0.672.